The highest BCUT2D eigenvalue weighted by atomic mass is 32.1. The molecule has 2 aromatic heterocycles. The quantitative estimate of drug-likeness (QED) is 0.896. The molecule has 0 amide bonds. The molecule has 1 N–H and O–H groups in total. The number of rotatable bonds is 3. The zero-order valence-electron chi connectivity index (χ0n) is 9.56. The molecule has 0 bridgehead atoms. The minimum Gasteiger partial charge on any atom is -0.480 e. The minimum absolute atomic E-state index is 0.272. The van der Waals surface area contributed by atoms with Crippen molar-refractivity contribution in [3.8, 4) is 0 Å². The van der Waals surface area contributed by atoms with Crippen LogP contribution < -0.4 is 5.56 Å². The van der Waals surface area contributed by atoms with Crippen LogP contribution in [0.2, 0.25) is 0 Å². The SMILES string of the molecule is CCc1cc2c(=O)n(CC(=O)O)c(C)nc2s1. The molecular weight excluding hydrogens is 240 g/mol. The van der Waals surface area contributed by atoms with E-state index in [1.165, 1.54) is 15.9 Å². The minimum atomic E-state index is -1.04. The first-order valence-corrected chi connectivity index (χ1v) is 6.06. The summed E-state index contributed by atoms with van der Waals surface area (Å²) in [7, 11) is 0. The van der Waals surface area contributed by atoms with E-state index in [4.69, 9.17) is 5.11 Å². The van der Waals surface area contributed by atoms with Gasteiger partial charge in [-0.3, -0.25) is 14.2 Å². The van der Waals surface area contributed by atoms with E-state index in [0.717, 1.165) is 11.3 Å². The molecule has 0 spiro atoms. The van der Waals surface area contributed by atoms with Crippen molar-refractivity contribution >= 4 is 27.5 Å². The Balaban J connectivity index is 2.70. The lowest BCUT2D eigenvalue weighted by molar-refractivity contribution is -0.137. The Morgan fingerprint density at radius 3 is 2.88 bits per heavy atom. The fraction of sp³-hybridized carbons (Fsp3) is 0.364. The van der Waals surface area contributed by atoms with Crippen molar-refractivity contribution in [2.24, 2.45) is 0 Å². The second-order valence-electron chi connectivity index (χ2n) is 3.73. The maximum atomic E-state index is 12.1. The lowest BCUT2D eigenvalue weighted by atomic mass is 10.3. The number of carbonyl (C=O) groups is 1. The number of carboxylic acid groups (broad SMARTS) is 1. The van der Waals surface area contributed by atoms with Gasteiger partial charge in [-0.25, -0.2) is 4.98 Å². The molecule has 2 rings (SSSR count). The summed E-state index contributed by atoms with van der Waals surface area (Å²) in [5.41, 5.74) is -0.272. The predicted octanol–water partition coefficient (Wildman–Crippen LogP) is 1.41. The van der Waals surface area contributed by atoms with Gasteiger partial charge in [0, 0.05) is 4.88 Å². The van der Waals surface area contributed by atoms with Crippen molar-refractivity contribution in [2.45, 2.75) is 26.8 Å². The molecule has 2 heterocycles. The average molecular weight is 252 g/mol. The lowest BCUT2D eigenvalue weighted by Gasteiger charge is -2.05. The third-order valence-corrected chi connectivity index (χ3v) is 3.71. The molecule has 0 fully saturated rings. The summed E-state index contributed by atoms with van der Waals surface area (Å²) in [5.74, 6) is -0.600. The van der Waals surface area contributed by atoms with Crippen molar-refractivity contribution < 1.29 is 9.90 Å². The van der Waals surface area contributed by atoms with Crippen molar-refractivity contribution in [1.29, 1.82) is 0 Å². The summed E-state index contributed by atoms with van der Waals surface area (Å²) in [6.45, 7) is 3.31. The van der Waals surface area contributed by atoms with Crippen LogP contribution in [0.5, 0.6) is 0 Å². The maximum Gasteiger partial charge on any atom is 0.323 e. The molecule has 0 aliphatic heterocycles. The summed E-state index contributed by atoms with van der Waals surface area (Å²) in [4.78, 5) is 28.8. The van der Waals surface area contributed by atoms with E-state index in [1.807, 2.05) is 6.92 Å². The van der Waals surface area contributed by atoms with Gasteiger partial charge < -0.3 is 5.11 Å². The maximum absolute atomic E-state index is 12.1. The third kappa shape index (κ3) is 2.08. The molecule has 0 aliphatic carbocycles. The number of aryl methyl sites for hydroxylation is 2. The second-order valence-corrected chi connectivity index (χ2v) is 4.84. The first kappa shape index (κ1) is 11.8. The van der Waals surface area contributed by atoms with Gasteiger partial charge in [0.25, 0.3) is 5.56 Å². The van der Waals surface area contributed by atoms with Crippen LogP contribution in [-0.4, -0.2) is 20.6 Å². The number of aromatic nitrogens is 2. The Morgan fingerprint density at radius 1 is 1.59 bits per heavy atom. The zero-order chi connectivity index (χ0) is 12.6. The number of hydrogen-bond donors (Lipinski definition) is 1. The van der Waals surface area contributed by atoms with Crippen LogP contribution in [0, 0.1) is 6.92 Å². The van der Waals surface area contributed by atoms with Gasteiger partial charge in [0.1, 0.15) is 17.2 Å². The molecule has 0 radical (unpaired) electrons. The van der Waals surface area contributed by atoms with Gasteiger partial charge in [-0.15, -0.1) is 11.3 Å². The van der Waals surface area contributed by atoms with Gasteiger partial charge in [0.05, 0.1) is 5.39 Å². The predicted molar refractivity (Wildman–Crippen MR) is 65.6 cm³/mol. The summed E-state index contributed by atoms with van der Waals surface area (Å²) in [6.07, 6.45) is 0.846. The van der Waals surface area contributed by atoms with Crippen molar-refractivity contribution in [2.75, 3.05) is 0 Å². The molecule has 2 aromatic rings. The van der Waals surface area contributed by atoms with E-state index in [1.54, 1.807) is 13.0 Å². The largest absolute Gasteiger partial charge is 0.480 e. The van der Waals surface area contributed by atoms with E-state index in [0.29, 0.717) is 16.0 Å². The van der Waals surface area contributed by atoms with Crippen molar-refractivity contribution in [3.63, 3.8) is 0 Å². The van der Waals surface area contributed by atoms with Crippen LogP contribution in [0.15, 0.2) is 10.9 Å². The molecule has 0 atom stereocenters. The highest BCUT2D eigenvalue weighted by molar-refractivity contribution is 7.18. The Bertz CT molecular complexity index is 642. The number of aliphatic carboxylic acids is 1. The Labute approximate surface area is 101 Å². The Hall–Kier alpha value is -1.69. The molecule has 0 saturated carbocycles. The van der Waals surface area contributed by atoms with Crippen LogP contribution >= 0.6 is 11.3 Å². The topological polar surface area (TPSA) is 72.2 Å². The van der Waals surface area contributed by atoms with Gasteiger partial charge in [-0.2, -0.15) is 0 Å². The molecule has 0 unspecified atom stereocenters. The first-order chi connectivity index (χ1) is 8.02. The van der Waals surface area contributed by atoms with E-state index >= 15 is 0 Å². The molecule has 0 aliphatic rings. The third-order valence-electron chi connectivity index (χ3n) is 2.53. The van der Waals surface area contributed by atoms with Crippen molar-refractivity contribution in [3.05, 3.63) is 27.1 Å². The number of thiophene rings is 1. The molecule has 0 aromatic carbocycles. The summed E-state index contributed by atoms with van der Waals surface area (Å²) < 4.78 is 1.19. The highest BCUT2D eigenvalue weighted by Crippen LogP contribution is 2.21. The summed E-state index contributed by atoms with van der Waals surface area (Å²) >= 11 is 1.48. The zero-order valence-corrected chi connectivity index (χ0v) is 10.4. The van der Waals surface area contributed by atoms with E-state index < -0.39 is 5.97 Å². The molecule has 0 saturated heterocycles. The van der Waals surface area contributed by atoms with Crippen LogP contribution in [-0.2, 0) is 17.8 Å². The molecule has 90 valence electrons. The van der Waals surface area contributed by atoms with Crippen LogP contribution in [0.25, 0.3) is 10.2 Å². The van der Waals surface area contributed by atoms with E-state index in [-0.39, 0.29) is 12.1 Å². The number of fused-ring (bicyclic) bond motifs is 1. The van der Waals surface area contributed by atoms with E-state index in [9.17, 15) is 9.59 Å². The molecule has 6 heteroatoms. The van der Waals surface area contributed by atoms with Gasteiger partial charge in [-0.05, 0) is 19.4 Å². The van der Waals surface area contributed by atoms with Crippen LogP contribution in [0.4, 0.5) is 0 Å². The van der Waals surface area contributed by atoms with Gasteiger partial charge in [-0.1, -0.05) is 6.92 Å². The number of carboxylic acids is 1. The van der Waals surface area contributed by atoms with E-state index in [2.05, 4.69) is 4.98 Å². The summed E-state index contributed by atoms with van der Waals surface area (Å²) in [6, 6.07) is 1.80. The number of hydrogen-bond acceptors (Lipinski definition) is 4. The lowest BCUT2D eigenvalue weighted by Crippen LogP contribution is -2.26. The number of nitrogens with zero attached hydrogens (tertiary/aromatic N) is 2. The second kappa shape index (κ2) is 4.29. The summed E-state index contributed by atoms with van der Waals surface area (Å²) in [5, 5.41) is 9.27. The molecule has 5 nitrogen and oxygen atoms in total. The van der Waals surface area contributed by atoms with Gasteiger partial charge >= 0.3 is 5.97 Å². The smallest absolute Gasteiger partial charge is 0.323 e. The normalized spacial score (nSPS) is 10.9. The average Bonchev–Trinajstić information content (AvgIpc) is 2.67. The molecule has 17 heavy (non-hydrogen) atoms. The Morgan fingerprint density at radius 2 is 2.29 bits per heavy atom. The van der Waals surface area contributed by atoms with Gasteiger partial charge in [0.2, 0.25) is 0 Å². The highest BCUT2D eigenvalue weighted by Gasteiger charge is 2.12. The van der Waals surface area contributed by atoms with Crippen molar-refractivity contribution in [1.82, 2.24) is 9.55 Å². The monoisotopic (exact) mass is 252 g/mol. The fourth-order valence-corrected chi connectivity index (χ4v) is 2.67. The van der Waals surface area contributed by atoms with Crippen LogP contribution in [0.1, 0.15) is 17.6 Å². The van der Waals surface area contributed by atoms with Crippen LogP contribution in [0.3, 0.4) is 0 Å². The Kier molecular flexibility index (Phi) is 2.97. The van der Waals surface area contributed by atoms with Gasteiger partial charge in [0.15, 0.2) is 0 Å². The standard InChI is InChI=1S/C11H12N2O3S/c1-3-7-4-8-10(17-7)12-6(2)13(11(8)16)5-9(14)15/h4H,3,5H2,1-2H3,(H,14,15). The fourth-order valence-electron chi connectivity index (χ4n) is 1.66. The first-order valence-electron chi connectivity index (χ1n) is 5.24. The molecular formula is C11H12N2O3S.